The average Bonchev–Trinajstić information content (AvgIpc) is 2.38. The van der Waals surface area contributed by atoms with Crippen LogP contribution in [0.3, 0.4) is 0 Å². The predicted octanol–water partition coefficient (Wildman–Crippen LogP) is -0.654. The summed E-state index contributed by atoms with van der Waals surface area (Å²) in [5, 5.41) is 0. The summed E-state index contributed by atoms with van der Waals surface area (Å²) < 4.78 is 0. The van der Waals surface area contributed by atoms with Crippen molar-refractivity contribution < 1.29 is 9.59 Å². The van der Waals surface area contributed by atoms with Crippen molar-refractivity contribution in [1.29, 1.82) is 0 Å². The smallest absolute Gasteiger partial charge is 0.242 e. The first kappa shape index (κ1) is 15.9. The van der Waals surface area contributed by atoms with Crippen molar-refractivity contribution in [3.05, 3.63) is 0 Å². The number of rotatable bonds is 4. The molecule has 110 valence electrons. The van der Waals surface area contributed by atoms with Crippen LogP contribution in [0, 0.1) is 0 Å². The third-order valence-electron chi connectivity index (χ3n) is 3.74. The van der Waals surface area contributed by atoms with Crippen LogP contribution in [0.1, 0.15) is 20.3 Å². The maximum Gasteiger partial charge on any atom is 0.242 e. The minimum absolute atomic E-state index is 0.00795. The third kappa shape index (κ3) is 4.18. The van der Waals surface area contributed by atoms with E-state index in [-0.39, 0.29) is 11.8 Å². The third-order valence-corrected chi connectivity index (χ3v) is 3.74. The van der Waals surface area contributed by atoms with Gasteiger partial charge in [-0.05, 0) is 13.3 Å². The van der Waals surface area contributed by atoms with Crippen molar-refractivity contribution in [2.75, 3.05) is 46.8 Å². The molecule has 6 nitrogen and oxygen atoms in total. The van der Waals surface area contributed by atoms with Gasteiger partial charge in [-0.25, -0.2) is 0 Å². The van der Waals surface area contributed by atoms with Crippen LogP contribution in [0.15, 0.2) is 0 Å². The molecule has 0 saturated carbocycles. The van der Waals surface area contributed by atoms with Crippen molar-refractivity contribution in [1.82, 2.24) is 14.7 Å². The van der Waals surface area contributed by atoms with E-state index < -0.39 is 5.54 Å². The summed E-state index contributed by atoms with van der Waals surface area (Å²) in [5.74, 6) is 0.102. The Morgan fingerprint density at radius 1 is 1.21 bits per heavy atom. The van der Waals surface area contributed by atoms with Crippen LogP contribution in [-0.2, 0) is 9.59 Å². The Bertz CT molecular complexity index is 334. The molecule has 1 aliphatic heterocycles. The van der Waals surface area contributed by atoms with Crippen LogP contribution >= 0.6 is 0 Å². The molecular formula is C13H26N4O2. The van der Waals surface area contributed by atoms with Gasteiger partial charge in [-0.2, -0.15) is 0 Å². The molecule has 2 amide bonds. The molecule has 0 aromatic rings. The quantitative estimate of drug-likeness (QED) is 0.737. The summed E-state index contributed by atoms with van der Waals surface area (Å²) >= 11 is 0. The van der Waals surface area contributed by atoms with Crippen molar-refractivity contribution in [3.8, 4) is 0 Å². The van der Waals surface area contributed by atoms with Crippen molar-refractivity contribution in [2.24, 2.45) is 5.73 Å². The van der Waals surface area contributed by atoms with E-state index in [9.17, 15) is 9.59 Å². The second-order valence-electron chi connectivity index (χ2n) is 5.63. The Labute approximate surface area is 115 Å². The fourth-order valence-corrected chi connectivity index (χ4v) is 1.95. The molecule has 0 bridgehead atoms. The van der Waals surface area contributed by atoms with E-state index in [1.807, 2.05) is 6.92 Å². The number of carbonyl (C=O) groups excluding carboxylic acids is 2. The molecule has 1 atom stereocenters. The highest BCUT2D eigenvalue weighted by Crippen LogP contribution is 2.12. The fraction of sp³-hybridized carbons (Fsp3) is 0.846. The van der Waals surface area contributed by atoms with Crippen LogP contribution in [-0.4, -0.2) is 78.9 Å². The van der Waals surface area contributed by atoms with E-state index in [0.29, 0.717) is 26.1 Å². The SMILES string of the molecule is CCC(C)(N)C(=O)N1CCN(CC(=O)N(C)C)CC1. The maximum atomic E-state index is 12.2. The summed E-state index contributed by atoms with van der Waals surface area (Å²) in [6.07, 6.45) is 0.630. The summed E-state index contributed by atoms with van der Waals surface area (Å²) in [7, 11) is 3.51. The monoisotopic (exact) mass is 270 g/mol. The molecule has 1 unspecified atom stereocenters. The lowest BCUT2D eigenvalue weighted by Crippen LogP contribution is -2.58. The van der Waals surface area contributed by atoms with Gasteiger partial charge < -0.3 is 15.5 Å². The van der Waals surface area contributed by atoms with Crippen molar-refractivity contribution in [2.45, 2.75) is 25.8 Å². The van der Waals surface area contributed by atoms with Gasteiger partial charge in [-0.1, -0.05) is 6.92 Å². The second-order valence-corrected chi connectivity index (χ2v) is 5.63. The summed E-state index contributed by atoms with van der Waals surface area (Å²) in [5.41, 5.74) is 5.20. The largest absolute Gasteiger partial charge is 0.348 e. The van der Waals surface area contributed by atoms with E-state index in [4.69, 9.17) is 5.73 Å². The van der Waals surface area contributed by atoms with Gasteiger partial charge in [0.05, 0.1) is 12.1 Å². The summed E-state index contributed by atoms with van der Waals surface area (Å²) in [4.78, 5) is 29.3. The van der Waals surface area contributed by atoms with Crippen molar-refractivity contribution in [3.63, 3.8) is 0 Å². The fourth-order valence-electron chi connectivity index (χ4n) is 1.95. The summed E-state index contributed by atoms with van der Waals surface area (Å²) in [6.45, 7) is 6.86. The highest BCUT2D eigenvalue weighted by Gasteiger charge is 2.32. The number of likely N-dealkylation sites (N-methyl/N-ethyl adjacent to an activating group) is 1. The zero-order valence-corrected chi connectivity index (χ0v) is 12.5. The van der Waals surface area contributed by atoms with Crippen LogP contribution in [0.5, 0.6) is 0 Å². The molecule has 0 aromatic carbocycles. The number of hydrogen-bond acceptors (Lipinski definition) is 4. The van der Waals surface area contributed by atoms with E-state index in [0.717, 1.165) is 13.1 Å². The van der Waals surface area contributed by atoms with Gasteiger partial charge in [0.25, 0.3) is 0 Å². The molecule has 1 rings (SSSR count). The lowest BCUT2D eigenvalue weighted by atomic mass is 9.98. The topological polar surface area (TPSA) is 69.9 Å². The number of carbonyl (C=O) groups is 2. The molecule has 1 heterocycles. The Balaban J connectivity index is 2.45. The van der Waals surface area contributed by atoms with E-state index in [2.05, 4.69) is 4.90 Å². The Kier molecular flexibility index (Phi) is 5.31. The Morgan fingerprint density at radius 2 is 1.74 bits per heavy atom. The Morgan fingerprint density at radius 3 is 2.16 bits per heavy atom. The van der Waals surface area contributed by atoms with Gasteiger partial charge in [0.2, 0.25) is 11.8 Å². The van der Waals surface area contributed by atoms with E-state index in [1.165, 1.54) is 0 Å². The molecule has 0 radical (unpaired) electrons. The molecule has 0 spiro atoms. The molecule has 1 aliphatic rings. The predicted molar refractivity (Wildman–Crippen MR) is 74.6 cm³/mol. The molecule has 2 N–H and O–H groups in total. The second kappa shape index (κ2) is 6.34. The van der Waals surface area contributed by atoms with E-state index in [1.54, 1.807) is 30.8 Å². The first-order valence-corrected chi connectivity index (χ1v) is 6.78. The van der Waals surface area contributed by atoms with Crippen molar-refractivity contribution >= 4 is 11.8 Å². The molecule has 0 aliphatic carbocycles. The molecule has 1 saturated heterocycles. The zero-order valence-electron chi connectivity index (χ0n) is 12.5. The standard InChI is InChI=1S/C13H26N4O2/c1-5-13(2,14)12(19)17-8-6-16(7-9-17)10-11(18)15(3)4/h5-10,14H2,1-4H3. The van der Waals surface area contributed by atoms with Crippen LogP contribution in [0.25, 0.3) is 0 Å². The van der Waals surface area contributed by atoms with Crippen LogP contribution in [0.2, 0.25) is 0 Å². The highest BCUT2D eigenvalue weighted by atomic mass is 16.2. The van der Waals surface area contributed by atoms with E-state index >= 15 is 0 Å². The number of nitrogens with zero attached hydrogens (tertiary/aromatic N) is 3. The molecule has 19 heavy (non-hydrogen) atoms. The van der Waals surface area contributed by atoms with Gasteiger partial charge in [-0.15, -0.1) is 0 Å². The minimum Gasteiger partial charge on any atom is -0.348 e. The molecule has 0 aromatic heterocycles. The zero-order chi connectivity index (χ0) is 14.6. The average molecular weight is 270 g/mol. The van der Waals surface area contributed by atoms with Gasteiger partial charge in [0.1, 0.15) is 0 Å². The number of hydrogen-bond donors (Lipinski definition) is 1. The molecular weight excluding hydrogens is 244 g/mol. The van der Waals surface area contributed by atoms with Gasteiger partial charge in [0.15, 0.2) is 0 Å². The lowest BCUT2D eigenvalue weighted by molar-refractivity contribution is -0.138. The molecule has 1 fully saturated rings. The number of piperazine rings is 1. The van der Waals surface area contributed by atoms with Gasteiger partial charge >= 0.3 is 0 Å². The Hall–Kier alpha value is -1.14. The van der Waals surface area contributed by atoms with Gasteiger partial charge in [0, 0.05) is 40.3 Å². The highest BCUT2D eigenvalue weighted by molar-refractivity contribution is 5.85. The van der Waals surface area contributed by atoms with Gasteiger partial charge in [-0.3, -0.25) is 14.5 Å². The lowest BCUT2D eigenvalue weighted by Gasteiger charge is -2.38. The van der Waals surface area contributed by atoms with Crippen LogP contribution in [0.4, 0.5) is 0 Å². The number of nitrogens with two attached hydrogens (primary N) is 1. The summed E-state index contributed by atoms with van der Waals surface area (Å²) in [6, 6.07) is 0. The minimum atomic E-state index is -0.776. The first-order chi connectivity index (χ1) is 8.77. The molecule has 6 heteroatoms. The van der Waals surface area contributed by atoms with Crippen LogP contribution < -0.4 is 5.73 Å². The maximum absolute atomic E-state index is 12.2. The number of amides is 2. The first-order valence-electron chi connectivity index (χ1n) is 6.78. The normalized spacial score (nSPS) is 19.9.